The summed E-state index contributed by atoms with van der Waals surface area (Å²) in [5.41, 5.74) is 3.42. The lowest BCUT2D eigenvalue weighted by Crippen LogP contribution is -2.20. The number of hydrogen-bond acceptors (Lipinski definition) is 2. The van der Waals surface area contributed by atoms with Crippen molar-refractivity contribution in [3.63, 3.8) is 0 Å². The molecule has 0 fully saturated rings. The maximum Gasteiger partial charge on any atom is 0.418 e. The highest BCUT2D eigenvalue weighted by molar-refractivity contribution is 5.94. The number of nitrogens with one attached hydrogen (secondary N) is 1. The SMILES string of the molecule is Cl.Cl.N=C(N)c1ncccc1C(F)(F)F. The van der Waals surface area contributed by atoms with E-state index in [1.807, 2.05) is 0 Å². The van der Waals surface area contributed by atoms with Crippen LogP contribution in [0.4, 0.5) is 13.2 Å². The van der Waals surface area contributed by atoms with Crippen molar-refractivity contribution in [2.45, 2.75) is 6.18 Å². The van der Waals surface area contributed by atoms with Crippen LogP contribution in [0.1, 0.15) is 11.3 Å². The first-order valence-electron chi connectivity index (χ1n) is 3.29. The molecule has 0 aliphatic carbocycles. The van der Waals surface area contributed by atoms with Crippen molar-refractivity contribution >= 4 is 30.6 Å². The van der Waals surface area contributed by atoms with Crippen molar-refractivity contribution in [3.8, 4) is 0 Å². The predicted molar refractivity (Wildman–Crippen MR) is 54.8 cm³/mol. The van der Waals surface area contributed by atoms with Gasteiger partial charge in [-0.05, 0) is 12.1 Å². The normalized spacial score (nSPS) is 9.80. The fourth-order valence-corrected chi connectivity index (χ4v) is 0.849. The number of alkyl halides is 3. The van der Waals surface area contributed by atoms with Crippen LogP contribution in [-0.4, -0.2) is 10.8 Å². The minimum Gasteiger partial charge on any atom is -0.382 e. The van der Waals surface area contributed by atoms with Crippen molar-refractivity contribution in [1.29, 1.82) is 5.41 Å². The Bertz CT molecular complexity index is 340. The highest BCUT2D eigenvalue weighted by Gasteiger charge is 2.34. The Morgan fingerprint density at radius 3 is 2.20 bits per heavy atom. The van der Waals surface area contributed by atoms with Crippen LogP contribution < -0.4 is 5.73 Å². The quantitative estimate of drug-likeness (QED) is 0.602. The Morgan fingerprint density at radius 2 is 1.87 bits per heavy atom. The van der Waals surface area contributed by atoms with Crippen LogP contribution in [-0.2, 0) is 6.18 Å². The molecule has 0 saturated carbocycles. The molecule has 8 heteroatoms. The van der Waals surface area contributed by atoms with Gasteiger partial charge in [-0.2, -0.15) is 13.2 Å². The average molecular weight is 262 g/mol. The van der Waals surface area contributed by atoms with Gasteiger partial charge in [0.2, 0.25) is 0 Å². The molecule has 0 spiro atoms. The first-order chi connectivity index (χ1) is 5.93. The summed E-state index contributed by atoms with van der Waals surface area (Å²) in [7, 11) is 0. The topological polar surface area (TPSA) is 62.8 Å². The van der Waals surface area contributed by atoms with Gasteiger partial charge in [-0.1, -0.05) is 0 Å². The molecule has 0 aliphatic heterocycles. The Hall–Kier alpha value is -1.01. The number of amidine groups is 1. The van der Waals surface area contributed by atoms with Crippen molar-refractivity contribution in [3.05, 3.63) is 29.6 Å². The number of nitrogens with two attached hydrogens (primary N) is 1. The van der Waals surface area contributed by atoms with Gasteiger partial charge in [-0.25, -0.2) is 0 Å². The van der Waals surface area contributed by atoms with Crippen LogP contribution in [0.25, 0.3) is 0 Å². The number of hydrogen-bond donors (Lipinski definition) is 2. The molecule has 0 radical (unpaired) electrons. The molecule has 0 unspecified atom stereocenters. The number of aromatic nitrogens is 1. The van der Waals surface area contributed by atoms with Gasteiger partial charge in [-0.3, -0.25) is 10.4 Å². The molecule has 3 nitrogen and oxygen atoms in total. The van der Waals surface area contributed by atoms with Crippen molar-refractivity contribution in [2.75, 3.05) is 0 Å². The zero-order valence-corrected chi connectivity index (χ0v) is 8.84. The molecule has 1 aromatic heterocycles. The fraction of sp³-hybridized carbons (Fsp3) is 0.143. The minimum atomic E-state index is -4.52. The zero-order valence-electron chi connectivity index (χ0n) is 7.21. The number of pyridine rings is 1. The van der Waals surface area contributed by atoms with E-state index in [4.69, 9.17) is 11.1 Å². The molecule has 86 valence electrons. The molecule has 0 aromatic carbocycles. The van der Waals surface area contributed by atoms with E-state index < -0.39 is 23.3 Å². The van der Waals surface area contributed by atoms with E-state index in [0.717, 1.165) is 18.3 Å². The summed E-state index contributed by atoms with van der Waals surface area (Å²) in [6.07, 6.45) is -3.36. The van der Waals surface area contributed by atoms with Crippen LogP contribution in [0.2, 0.25) is 0 Å². The second-order valence-electron chi connectivity index (χ2n) is 2.31. The predicted octanol–water partition coefficient (Wildman–Crippen LogP) is 2.23. The van der Waals surface area contributed by atoms with E-state index in [2.05, 4.69) is 4.98 Å². The van der Waals surface area contributed by atoms with Gasteiger partial charge < -0.3 is 5.73 Å². The molecule has 0 atom stereocenters. The van der Waals surface area contributed by atoms with E-state index in [1.54, 1.807) is 0 Å². The van der Waals surface area contributed by atoms with Crippen LogP contribution in [0.5, 0.6) is 0 Å². The third kappa shape index (κ3) is 3.93. The maximum absolute atomic E-state index is 12.2. The summed E-state index contributed by atoms with van der Waals surface area (Å²) in [6.45, 7) is 0. The monoisotopic (exact) mass is 261 g/mol. The van der Waals surface area contributed by atoms with Gasteiger partial charge in [0.1, 0.15) is 11.5 Å². The lowest BCUT2D eigenvalue weighted by Gasteiger charge is -2.09. The number of halogens is 5. The lowest BCUT2D eigenvalue weighted by atomic mass is 10.2. The summed E-state index contributed by atoms with van der Waals surface area (Å²) < 4.78 is 36.6. The maximum atomic E-state index is 12.2. The molecule has 1 rings (SSSR count). The Kier molecular flexibility index (Phi) is 6.32. The van der Waals surface area contributed by atoms with Crippen LogP contribution in [0.15, 0.2) is 18.3 Å². The summed E-state index contributed by atoms with van der Waals surface area (Å²) in [5, 5.41) is 6.87. The van der Waals surface area contributed by atoms with E-state index in [1.165, 1.54) is 0 Å². The third-order valence-electron chi connectivity index (χ3n) is 1.37. The van der Waals surface area contributed by atoms with E-state index in [9.17, 15) is 13.2 Å². The standard InChI is InChI=1S/C7H6F3N3.2ClH/c8-7(9,10)4-2-1-3-13-5(4)6(11)12;;/h1-3H,(H3,11,12);2*1H. The van der Waals surface area contributed by atoms with Gasteiger partial charge in [0.05, 0.1) is 5.56 Å². The molecule has 0 bridgehead atoms. The Morgan fingerprint density at radius 1 is 1.33 bits per heavy atom. The van der Waals surface area contributed by atoms with E-state index >= 15 is 0 Å². The third-order valence-corrected chi connectivity index (χ3v) is 1.37. The van der Waals surface area contributed by atoms with Gasteiger partial charge >= 0.3 is 6.18 Å². The molecule has 0 saturated heterocycles. The molecule has 1 aromatic rings. The summed E-state index contributed by atoms with van der Waals surface area (Å²) in [6, 6.07) is 1.99. The highest BCUT2D eigenvalue weighted by Crippen LogP contribution is 2.30. The molecular weight excluding hydrogens is 254 g/mol. The average Bonchev–Trinajstić information content (AvgIpc) is 2.03. The smallest absolute Gasteiger partial charge is 0.382 e. The lowest BCUT2D eigenvalue weighted by molar-refractivity contribution is -0.138. The largest absolute Gasteiger partial charge is 0.418 e. The van der Waals surface area contributed by atoms with Crippen LogP contribution in [0.3, 0.4) is 0 Å². The first-order valence-corrected chi connectivity index (χ1v) is 3.29. The number of nitrogens with zero attached hydrogens (tertiary/aromatic N) is 1. The molecule has 1 heterocycles. The van der Waals surface area contributed by atoms with Gasteiger partial charge in [0.25, 0.3) is 0 Å². The van der Waals surface area contributed by atoms with E-state index in [-0.39, 0.29) is 24.8 Å². The second-order valence-corrected chi connectivity index (χ2v) is 2.31. The van der Waals surface area contributed by atoms with Gasteiger partial charge in [-0.15, -0.1) is 24.8 Å². The number of nitrogen functional groups attached to an aromatic ring is 1. The van der Waals surface area contributed by atoms with E-state index in [0.29, 0.717) is 0 Å². The molecular formula is C7H8Cl2F3N3. The second kappa shape index (κ2) is 5.77. The highest BCUT2D eigenvalue weighted by atomic mass is 35.5. The van der Waals surface area contributed by atoms with Crippen LogP contribution >= 0.6 is 24.8 Å². The first kappa shape index (κ1) is 16.4. The number of rotatable bonds is 1. The molecule has 3 N–H and O–H groups in total. The van der Waals surface area contributed by atoms with Crippen molar-refractivity contribution in [1.82, 2.24) is 4.98 Å². The fourth-order valence-electron chi connectivity index (χ4n) is 0.849. The summed E-state index contributed by atoms with van der Waals surface area (Å²) in [4.78, 5) is 3.38. The van der Waals surface area contributed by atoms with Crippen molar-refractivity contribution < 1.29 is 13.2 Å². The molecule has 15 heavy (non-hydrogen) atoms. The van der Waals surface area contributed by atoms with Gasteiger partial charge in [0.15, 0.2) is 0 Å². The summed E-state index contributed by atoms with van der Waals surface area (Å²) in [5.74, 6) is -0.687. The van der Waals surface area contributed by atoms with Crippen LogP contribution in [0, 0.1) is 5.41 Å². The van der Waals surface area contributed by atoms with Crippen molar-refractivity contribution in [2.24, 2.45) is 5.73 Å². The minimum absolute atomic E-state index is 0. The zero-order chi connectivity index (χ0) is 10.1. The Labute approximate surface area is 96.2 Å². The Balaban J connectivity index is 0. The molecule has 0 amide bonds. The summed E-state index contributed by atoms with van der Waals surface area (Å²) >= 11 is 0. The molecule has 0 aliphatic rings. The van der Waals surface area contributed by atoms with Gasteiger partial charge in [0, 0.05) is 6.20 Å².